The first-order valence-electron chi connectivity index (χ1n) is 9.78. The number of benzene rings is 1. The molecule has 3 atom stereocenters. The molecule has 0 radical (unpaired) electrons. The molecule has 1 aliphatic heterocycles. The van der Waals surface area contributed by atoms with E-state index in [4.69, 9.17) is 14.2 Å². The van der Waals surface area contributed by atoms with Crippen LogP contribution in [0.15, 0.2) is 18.2 Å². The summed E-state index contributed by atoms with van der Waals surface area (Å²) in [6.45, 7) is 5.65. The molecule has 1 saturated carbocycles. The number of rotatable bonds is 7. The van der Waals surface area contributed by atoms with E-state index in [9.17, 15) is 0 Å². The summed E-state index contributed by atoms with van der Waals surface area (Å²) in [7, 11) is 3.35. The first kappa shape index (κ1) is 21.0. The summed E-state index contributed by atoms with van der Waals surface area (Å²) in [5.74, 6) is 2.42. The van der Waals surface area contributed by atoms with Crippen molar-refractivity contribution in [3.8, 4) is 11.5 Å². The molecule has 3 rings (SSSR count). The normalized spacial score (nSPS) is 26.3. The van der Waals surface area contributed by atoms with Crippen molar-refractivity contribution in [1.82, 2.24) is 4.90 Å². The number of hydrogen-bond acceptors (Lipinski definition) is 4. The summed E-state index contributed by atoms with van der Waals surface area (Å²) in [6, 6.07) is 6.76. The summed E-state index contributed by atoms with van der Waals surface area (Å²) in [6.07, 6.45) is 7.83. The van der Waals surface area contributed by atoms with Gasteiger partial charge in [-0.05, 0) is 55.8 Å². The molecule has 4 nitrogen and oxygen atoms in total. The largest absolute Gasteiger partial charge is 0.493 e. The van der Waals surface area contributed by atoms with Gasteiger partial charge < -0.3 is 14.2 Å². The molecule has 1 unspecified atom stereocenters. The molecular formula is C22H37NO3. The number of methoxy groups -OCH3 is 2. The third-order valence-electron chi connectivity index (χ3n) is 5.76. The van der Waals surface area contributed by atoms with E-state index in [1.807, 2.05) is 6.07 Å². The van der Waals surface area contributed by atoms with Gasteiger partial charge in [0.25, 0.3) is 0 Å². The Morgan fingerprint density at radius 2 is 1.81 bits per heavy atom. The molecule has 0 N–H and O–H groups in total. The standard InChI is InChI=1S/C21H33NO3.CH4/c1-16-10-12-22(15-16)18-6-4-5-7-19(18)25-13-11-17-8-9-20(23-2)21(14-17)24-3;/h8-9,14,16,18-19H,4-7,10-13,15H2,1-3H3;1H4/t16-,18?,19+;/m1./s1. The van der Waals surface area contributed by atoms with Crippen LogP contribution >= 0.6 is 0 Å². The molecule has 2 aliphatic rings. The third-order valence-corrected chi connectivity index (χ3v) is 5.76. The van der Waals surface area contributed by atoms with Crippen LogP contribution < -0.4 is 9.47 Å². The second-order valence-corrected chi connectivity index (χ2v) is 7.59. The van der Waals surface area contributed by atoms with Crippen LogP contribution in [-0.4, -0.2) is 51.0 Å². The number of likely N-dealkylation sites (tertiary alicyclic amines) is 1. The predicted molar refractivity (Wildman–Crippen MR) is 107 cm³/mol. The van der Waals surface area contributed by atoms with E-state index in [0.717, 1.165) is 30.4 Å². The molecule has 1 aromatic rings. The van der Waals surface area contributed by atoms with Crippen molar-refractivity contribution >= 4 is 0 Å². The minimum Gasteiger partial charge on any atom is -0.493 e. The van der Waals surface area contributed by atoms with Crippen LogP contribution in [0.5, 0.6) is 11.5 Å². The Morgan fingerprint density at radius 1 is 1.04 bits per heavy atom. The van der Waals surface area contributed by atoms with Crippen LogP contribution in [-0.2, 0) is 11.2 Å². The molecule has 4 heteroatoms. The molecule has 2 fully saturated rings. The summed E-state index contributed by atoms with van der Waals surface area (Å²) >= 11 is 0. The van der Waals surface area contributed by atoms with E-state index in [0.29, 0.717) is 12.1 Å². The summed E-state index contributed by atoms with van der Waals surface area (Å²) < 4.78 is 17.1. The molecule has 1 aliphatic carbocycles. The molecule has 148 valence electrons. The molecule has 0 amide bonds. The number of nitrogens with zero attached hydrogens (tertiary/aromatic N) is 1. The van der Waals surface area contributed by atoms with Gasteiger partial charge in [0.2, 0.25) is 0 Å². The SMILES string of the molecule is C.COc1ccc(CCO[C@H]2CCCCC2N2CC[C@@H](C)C2)cc1OC. The molecule has 1 heterocycles. The first-order valence-corrected chi connectivity index (χ1v) is 9.78. The summed E-state index contributed by atoms with van der Waals surface area (Å²) in [5, 5.41) is 0. The van der Waals surface area contributed by atoms with Gasteiger partial charge in [-0.2, -0.15) is 0 Å². The molecular weight excluding hydrogens is 326 g/mol. The zero-order chi connectivity index (χ0) is 17.6. The maximum Gasteiger partial charge on any atom is 0.160 e. The van der Waals surface area contributed by atoms with E-state index >= 15 is 0 Å². The Kier molecular flexibility index (Phi) is 8.23. The van der Waals surface area contributed by atoms with E-state index in [1.54, 1.807) is 14.2 Å². The molecule has 0 spiro atoms. The van der Waals surface area contributed by atoms with Crippen molar-refractivity contribution in [1.29, 1.82) is 0 Å². The van der Waals surface area contributed by atoms with E-state index in [-0.39, 0.29) is 7.43 Å². The van der Waals surface area contributed by atoms with Crippen molar-refractivity contribution in [2.45, 2.75) is 65.0 Å². The molecule has 1 aromatic carbocycles. The zero-order valence-electron chi connectivity index (χ0n) is 16.0. The quantitative estimate of drug-likeness (QED) is 0.711. The van der Waals surface area contributed by atoms with Crippen LogP contribution in [0.1, 0.15) is 52.0 Å². The Hall–Kier alpha value is -1.26. The fraction of sp³-hybridized carbons (Fsp3) is 0.727. The van der Waals surface area contributed by atoms with Crippen LogP contribution in [0.25, 0.3) is 0 Å². The van der Waals surface area contributed by atoms with Gasteiger partial charge in [-0.15, -0.1) is 0 Å². The Bertz CT molecular complexity index is 548. The van der Waals surface area contributed by atoms with Crippen LogP contribution in [0.3, 0.4) is 0 Å². The monoisotopic (exact) mass is 363 g/mol. The topological polar surface area (TPSA) is 30.9 Å². The van der Waals surface area contributed by atoms with Gasteiger partial charge in [0.05, 0.1) is 26.9 Å². The molecule has 0 bridgehead atoms. The minimum atomic E-state index is 0. The summed E-state index contributed by atoms with van der Waals surface area (Å²) in [5.41, 5.74) is 1.24. The number of ether oxygens (including phenoxy) is 3. The van der Waals surface area contributed by atoms with Gasteiger partial charge in [-0.1, -0.05) is 33.3 Å². The lowest BCUT2D eigenvalue weighted by atomic mass is 9.91. The average Bonchev–Trinajstić information content (AvgIpc) is 3.08. The molecule has 0 aromatic heterocycles. The lowest BCUT2D eigenvalue weighted by molar-refractivity contribution is -0.0298. The third kappa shape index (κ3) is 5.14. The molecule has 1 saturated heterocycles. The minimum absolute atomic E-state index is 0. The van der Waals surface area contributed by atoms with E-state index < -0.39 is 0 Å². The Balaban J connectivity index is 0.00000243. The van der Waals surface area contributed by atoms with Gasteiger partial charge in [-0.3, -0.25) is 4.90 Å². The second-order valence-electron chi connectivity index (χ2n) is 7.59. The van der Waals surface area contributed by atoms with Crippen LogP contribution in [0.4, 0.5) is 0 Å². The highest BCUT2D eigenvalue weighted by Crippen LogP contribution is 2.30. The van der Waals surface area contributed by atoms with Gasteiger partial charge in [-0.25, -0.2) is 0 Å². The fourth-order valence-corrected chi connectivity index (χ4v) is 4.32. The smallest absolute Gasteiger partial charge is 0.160 e. The highest BCUT2D eigenvalue weighted by molar-refractivity contribution is 5.42. The maximum atomic E-state index is 6.36. The second kappa shape index (κ2) is 10.2. The van der Waals surface area contributed by atoms with Crippen molar-refractivity contribution in [3.05, 3.63) is 23.8 Å². The van der Waals surface area contributed by atoms with E-state index in [1.165, 1.54) is 50.8 Å². The lowest BCUT2D eigenvalue weighted by Crippen LogP contribution is -2.45. The molecule has 26 heavy (non-hydrogen) atoms. The zero-order valence-corrected chi connectivity index (χ0v) is 16.0. The van der Waals surface area contributed by atoms with Gasteiger partial charge in [0.1, 0.15) is 0 Å². The van der Waals surface area contributed by atoms with Crippen molar-refractivity contribution < 1.29 is 14.2 Å². The van der Waals surface area contributed by atoms with Gasteiger partial charge in [0, 0.05) is 12.6 Å². The average molecular weight is 364 g/mol. The fourth-order valence-electron chi connectivity index (χ4n) is 4.32. The first-order chi connectivity index (χ1) is 12.2. The van der Waals surface area contributed by atoms with Gasteiger partial charge >= 0.3 is 0 Å². The Labute approximate surface area is 159 Å². The van der Waals surface area contributed by atoms with Crippen LogP contribution in [0, 0.1) is 5.92 Å². The predicted octanol–water partition coefficient (Wildman–Crippen LogP) is 4.55. The van der Waals surface area contributed by atoms with Crippen LogP contribution in [0.2, 0.25) is 0 Å². The maximum absolute atomic E-state index is 6.36. The lowest BCUT2D eigenvalue weighted by Gasteiger charge is -2.38. The Morgan fingerprint density at radius 3 is 2.50 bits per heavy atom. The summed E-state index contributed by atoms with van der Waals surface area (Å²) in [4.78, 5) is 2.69. The highest BCUT2D eigenvalue weighted by atomic mass is 16.5. The van der Waals surface area contributed by atoms with Gasteiger partial charge in [0.15, 0.2) is 11.5 Å². The number of hydrogen-bond donors (Lipinski definition) is 0. The van der Waals surface area contributed by atoms with Crippen molar-refractivity contribution in [3.63, 3.8) is 0 Å². The van der Waals surface area contributed by atoms with E-state index in [2.05, 4.69) is 24.0 Å². The van der Waals surface area contributed by atoms with Crippen molar-refractivity contribution in [2.75, 3.05) is 33.9 Å². The van der Waals surface area contributed by atoms with Crippen molar-refractivity contribution in [2.24, 2.45) is 5.92 Å². The highest BCUT2D eigenvalue weighted by Gasteiger charge is 2.33.